The molecule has 2 unspecified atom stereocenters. The van der Waals surface area contributed by atoms with Crippen LogP contribution in [0.5, 0.6) is 0 Å². The molecule has 1 aliphatic heterocycles. The van der Waals surface area contributed by atoms with Crippen LogP contribution in [0.3, 0.4) is 0 Å². The Hall–Kier alpha value is 0.270. The zero-order chi connectivity index (χ0) is 11.5. The van der Waals surface area contributed by atoms with Crippen LogP contribution >= 0.6 is 12.6 Å². The first kappa shape index (κ1) is 13.3. The largest absolute Gasteiger partial charge is 0.377 e. The second kappa shape index (κ2) is 5.55. The van der Waals surface area contributed by atoms with E-state index in [1.165, 1.54) is 0 Å². The van der Waals surface area contributed by atoms with E-state index >= 15 is 0 Å². The Kier molecular flexibility index (Phi) is 4.94. The first-order valence-electron chi connectivity index (χ1n) is 5.81. The zero-order valence-corrected chi connectivity index (χ0v) is 11.2. The minimum absolute atomic E-state index is 0.174. The standard InChI is InChI=1S/C12H24O2S/c1-9-5-11(6-10(2)14-9)13-7-12(3,4)8-15/h9-11,15H,5-8H2,1-4H3. The second-order valence-electron chi connectivity index (χ2n) is 5.48. The molecule has 1 saturated heterocycles. The van der Waals surface area contributed by atoms with Gasteiger partial charge in [-0.1, -0.05) is 13.8 Å². The van der Waals surface area contributed by atoms with Crippen LogP contribution in [0.2, 0.25) is 0 Å². The quantitative estimate of drug-likeness (QED) is 0.751. The summed E-state index contributed by atoms with van der Waals surface area (Å²) in [5, 5.41) is 0. The molecule has 0 bridgehead atoms. The fourth-order valence-corrected chi connectivity index (χ4v) is 1.96. The van der Waals surface area contributed by atoms with Gasteiger partial charge in [0.1, 0.15) is 0 Å². The van der Waals surface area contributed by atoms with E-state index in [1.54, 1.807) is 0 Å². The van der Waals surface area contributed by atoms with Gasteiger partial charge in [0.15, 0.2) is 0 Å². The van der Waals surface area contributed by atoms with Crippen molar-refractivity contribution in [2.24, 2.45) is 5.41 Å². The highest BCUT2D eigenvalue weighted by molar-refractivity contribution is 7.80. The van der Waals surface area contributed by atoms with Gasteiger partial charge in [-0.3, -0.25) is 0 Å². The van der Waals surface area contributed by atoms with E-state index in [1.807, 2.05) is 0 Å². The van der Waals surface area contributed by atoms with Crippen molar-refractivity contribution in [1.82, 2.24) is 0 Å². The lowest BCUT2D eigenvalue weighted by atomic mass is 9.97. The van der Waals surface area contributed by atoms with Crippen molar-refractivity contribution in [2.75, 3.05) is 12.4 Å². The predicted octanol–water partition coefficient (Wildman–Crippen LogP) is 2.92. The predicted molar refractivity (Wildman–Crippen MR) is 66.6 cm³/mol. The summed E-state index contributed by atoms with van der Waals surface area (Å²) in [5.74, 6) is 0.862. The van der Waals surface area contributed by atoms with E-state index in [9.17, 15) is 0 Å². The molecule has 0 aromatic carbocycles. The minimum Gasteiger partial charge on any atom is -0.377 e. The monoisotopic (exact) mass is 232 g/mol. The molecule has 1 rings (SSSR count). The van der Waals surface area contributed by atoms with Gasteiger partial charge in [-0.05, 0) is 37.9 Å². The molecule has 0 aromatic rings. The molecule has 0 aliphatic carbocycles. The topological polar surface area (TPSA) is 18.5 Å². The Labute approximate surface area is 99.1 Å². The van der Waals surface area contributed by atoms with Gasteiger partial charge in [0.25, 0.3) is 0 Å². The van der Waals surface area contributed by atoms with Crippen LogP contribution in [0.4, 0.5) is 0 Å². The molecule has 1 fully saturated rings. The normalized spacial score (nSPS) is 33.0. The third-order valence-electron chi connectivity index (χ3n) is 2.79. The van der Waals surface area contributed by atoms with Gasteiger partial charge in [-0.15, -0.1) is 0 Å². The van der Waals surface area contributed by atoms with Gasteiger partial charge < -0.3 is 9.47 Å². The molecule has 90 valence electrons. The van der Waals surface area contributed by atoms with Crippen LogP contribution in [0.15, 0.2) is 0 Å². The van der Waals surface area contributed by atoms with E-state index < -0.39 is 0 Å². The van der Waals surface area contributed by atoms with Crippen molar-refractivity contribution in [1.29, 1.82) is 0 Å². The summed E-state index contributed by atoms with van der Waals surface area (Å²) in [4.78, 5) is 0. The number of ether oxygens (including phenoxy) is 2. The fourth-order valence-electron chi connectivity index (χ4n) is 1.87. The van der Waals surface area contributed by atoms with Crippen LogP contribution in [0.1, 0.15) is 40.5 Å². The molecular weight excluding hydrogens is 208 g/mol. The van der Waals surface area contributed by atoms with Crippen LogP contribution in [-0.4, -0.2) is 30.7 Å². The maximum Gasteiger partial charge on any atom is 0.0624 e. The third kappa shape index (κ3) is 4.75. The van der Waals surface area contributed by atoms with Crippen molar-refractivity contribution in [3.8, 4) is 0 Å². The first-order chi connectivity index (χ1) is 6.93. The highest BCUT2D eigenvalue weighted by Crippen LogP contribution is 2.24. The molecule has 0 aromatic heterocycles. The molecule has 0 amide bonds. The summed E-state index contributed by atoms with van der Waals surface area (Å²) < 4.78 is 11.6. The molecule has 0 radical (unpaired) electrons. The summed E-state index contributed by atoms with van der Waals surface area (Å²) in [7, 11) is 0. The number of hydrogen-bond acceptors (Lipinski definition) is 3. The lowest BCUT2D eigenvalue weighted by Crippen LogP contribution is -2.36. The number of hydrogen-bond donors (Lipinski definition) is 1. The Bertz CT molecular complexity index is 184. The van der Waals surface area contributed by atoms with Crippen molar-refractivity contribution < 1.29 is 9.47 Å². The average molecular weight is 232 g/mol. The van der Waals surface area contributed by atoms with E-state index in [0.717, 1.165) is 25.2 Å². The molecule has 2 atom stereocenters. The van der Waals surface area contributed by atoms with Gasteiger partial charge in [0, 0.05) is 0 Å². The first-order valence-corrected chi connectivity index (χ1v) is 6.44. The number of thiol groups is 1. The minimum atomic E-state index is 0.174. The van der Waals surface area contributed by atoms with E-state index in [-0.39, 0.29) is 5.41 Å². The lowest BCUT2D eigenvalue weighted by Gasteiger charge is -2.34. The Morgan fingerprint density at radius 3 is 2.27 bits per heavy atom. The molecule has 0 N–H and O–H groups in total. The van der Waals surface area contributed by atoms with Crippen molar-refractivity contribution in [2.45, 2.75) is 58.8 Å². The Morgan fingerprint density at radius 1 is 1.27 bits per heavy atom. The van der Waals surface area contributed by atoms with Gasteiger partial charge in [-0.25, -0.2) is 0 Å². The van der Waals surface area contributed by atoms with Crippen molar-refractivity contribution in [3.05, 3.63) is 0 Å². The zero-order valence-electron chi connectivity index (χ0n) is 10.3. The molecule has 1 heterocycles. The van der Waals surface area contributed by atoms with Crippen LogP contribution in [0.25, 0.3) is 0 Å². The van der Waals surface area contributed by atoms with Gasteiger partial charge in [0.05, 0.1) is 24.9 Å². The number of rotatable bonds is 4. The highest BCUT2D eigenvalue weighted by atomic mass is 32.1. The van der Waals surface area contributed by atoms with E-state index in [4.69, 9.17) is 9.47 Å². The van der Waals surface area contributed by atoms with Gasteiger partial charge in [-0.2, -0.15) is 12.6 Å². The summed E-state index contributed by atoms with van der Waals surface area (Å²) in [5.41, 5.74) is 0.174. The average Bonchev–Trinajstić information content (AvgIpc) is 2.14. The molecular formula is C12H24O2S. The lowest BCUT2D eigenvalue weighted by molar-refractivity contribution is -0.111. The third-order valence-corrected chi connectivity index (χ3v) is 3.65. The molecule has 1 aliphatic rings. The van der Waals surface area contributed by atoms with E-state index in [0.29, 0.717) is 18.3 Å². The van der Waals surface area contributed by atoms with Gasteiger partial charge >= 0.3 is 0 Å². The summed E-state index contributed by atoms with van der Waals surface area (Å²) >= 11 is 4.33. The maximum atomic E-state index is 5.95. The second-order valence-corrected chi connectivity index (χ2v) is 5.80. The smallest absolute Gasteiger partial charge is 0.0624 e. The summed E-state index contributed by atoms with van der Waals surface area (Å²) in [6.45, 7) is 9.41. The van der Waals surface area contributed by atoms with Crippen LogP contribution < -0.4 is 0 Å². The maximum absolute atomic E-state index is 5.95. The van der Waals surface area contributed by atoms with E-state index in [2.05, 4.69) is 40.3 Å². The van der Waals surface area contributed by atoms with Crippen molar-refractivity contribution >= 4 is 12.6 Å². The molecule has 0 saturated carbocycles. The Morgan fingerprint density at radius 2 is 1.80 bits per heavy atom. The molecule has 0 spiro atoms. The SMILES string of the molecule is CC1CC(OCC(C)(C)CS)CC(C)O1. The summed E-state index contributed by atoms with van der Waals surface area (Å²) in [6.07, 6.45) is 3.07. The molecule has 2 nitrogen and oxygen atoms in total. The Balaban J connectivity index is 2.32. The molecule has 15 heavy (non-hydrogen) atoms. The van der Waals surface area contributed by atoms with Gasteiger partial charge in [0.2, 0.25) is 0 Å². The highest BCUT2D eigenvalue weighted by Gasteiger charge is 2.26. The molecule has 3 heteroatoms. The van der Waals surface area contributed by atoms with Crippen LogP contribution in [0, 0.1) is 5.41 Å². The van der Waals surface area contributed by atoms with Crippen molar-refractivity contribution in [3.63, 3.8) is 0 Å². The fraction of sp³-hybridized carbons (Fsp3) is 1.00. The van der Waals surface area contributed by atoms with Crippen LogP contribution in [-0.2, 0) is 9.47 Å². The summed E-state index contributed by atoms with van der Waals surface area (Å²) in [6, 6.07) is 0.